The standard InChI is InChI=1S/C28H35N7O4S2.ClH/c1-16(2)23-27-33-20(14-41-27)24(37)30-10-7-11-35(28(39)17(3)29)13-22(36)31-19(12-18-8-5-4-6-9-18)26-32-21(15-40-26)25(38)34-23;/h4-6,8-9,14-17,19,23H,7,10-13,29H2,1-3H3,(H,30,37)(H,31,36)(H,34,38);1H/t17-,19+,23+;/m1./s1. The van der Waals surface area contributed by atoms with Crippen molar-refractivity contribution in [2.45, 2.75) is 51.7 Å². The number of hydrogen-bond donors (Lipinski definition) is 4. The molecular weight excluding hydrogens is 598 g/mol. The lowest BCUT2D eigenvalue weighted by molar-refractivity contribution is -0.137. The highest BCUT2D eigenvalue weighted by Crippen LogP contribution is 2.27. The smallest absolute Gasteiger partial charge is 0.271 e. The Kier molecular flexibility index (Phi) is 12.0. The first-order valence-electron chi connectivity index (χ1n) is 13.5. The molecule has 0 fully saturated rings. The van der Waals surface area contributed by atoms with Gasteiger partial charge in [0.15, 0.2) is 0 Å². The molecule has 3 heterocycles. The molecule has 1 aliphatic rings. The molecular formula is C28H36ClN7O4S2. The van der Waals surface area contributed by atoms with Crippen molar-refractivity contribution in [3.63, 3.8) is 0 Å². The van der Waals surface area contributed by atoms with Crippen LogP contribution in [0.4, 0.5) is 0 Å². The van der Waals surface area contributed by atoms with Gasteiger partial charge in [-0.25, -0.2) is 9.97 Å². The Labute approximate surface area is 259 Å². The second-order valence-corrected chi connectivity index (χ2v) is 12.1. The second-order valence-electron chi connectivity index (χ2n) is 10.3. The van der Waals surface area contributed by atoms with Gasteiger partial charge in [0, 0.05) is 23.8 Å². The molecule has 1 aromatic carbocycles. The van der Waals surface area contributed by atoms with Crippen LogP contribution in [0, 0.1) is 5.92 Å². The van der Waals surface area contributed by atoms with Crippen LogP contribution in [-0.4, -0.2) is 64.2 Å². The number of nitrogens with zero attached hydrogens (tertiary/aromatic N) is 3. The molecule has 14 heteroatoms. The van der Waals surface area contributed by atoms with E-state index in [1.165, 1.54) is 27.6 Å². The molecule has 5 N–H and O–H groups in total. The molecule has 4 bridgehead atoms. The van der Waals surface area contributed by atoms with Gasteiger partial charge in [0.05, 0.1) is 24.7 Å². The van der Waals surface area contributed by atoms with Crippen LogP contribution in [0.25, 0.3) is 0 Å². The van der Waals surface area contributed by atoms with E-state index in [2.05, 4.69) is 25.9 Å². The number of carbonyl (C=O) groups is 4. The number of fused-ring (bicyclic) bond motifs is 4. The van der Waals surface area contributed by atoms with Crippen LogP contribution in [0.3, 0.4) is 0 Å². The summed E-state index contributed by atoms with van der Waals surface area (Å²) < 4.78 is 0. The van der Waals surface area contributed by atoms with E-state index in [0.717, 1.165) is 5.56 Å². The van der Waals surface area contributed by atoms with Crippen molar-refractivity contribution >= 4 is 58.7 Å². The van der Waals surface area contributed by atoms with Gasteiger partial charge in [-0.15, -0.1) is 35.1 Å². The van der Waals surface area contributed by atoms with Crippen molar-refractivity contribution in [2.75, 3.05) is 19.6 Å². The monoisotopic (exact) mass is 633 g/mol. The van der Waals surface area contributed by atoms with Gasteiger partial charge in [0.2, 0.25) is 11.8 Å². The van der Waals surface area contributed by atoms with E-state index in [1.807, 2.05) is 44.2 Å². The van der Waals surface area contributed by atoms with Crippen molar-refractivity contribution in [1.82, 2.24) is 30.8 Å². The third-order valence-corrected chi connectivity index (χ3v) is 8.46. The van der Waals surface area contributed by atoms with Gasteiger partial charge in [-0.05, 0) is 31.2 Å². The zero-order valence-corrected chi connectivity index (χ0v) is 26.1. The molecule has 42 heavy (non-hydrogen) atoms. The van der Waals surface area contributed by atoms with Crippen molar-refractivity contribution in [3.8, 4) is 0 Å². The highest BCUT2D eigenvalue weighted by atomic mass is 35.5. The highest BCUT2D eigenvalue weighted by molar-refractivity contribution is 7.10. The number of halogens is 1. The van der Waals surface area contributed by atoms with Crippen molar-refractivity contribution in [3.05, 3.63) is 68.1 Å². The van der Waals surface area contributed by atoms with Gasteiger partial charge in [-0.2, -0.15) is 0 Å². The summed E-state index contributed by atoms with van der Waals surface area (Å²) in [4.78, 5) is 62.6. The average Bonchev–Trinajstić information content (AvgIpc) is 3.63. The molecule has 1 aliphatic heterocycles. The van der Waals surface area contributed by atoms with Gasteiger partial charge < -0.3 is 26.6 Å². The predicted molar refractivity (Wildman–Crippen MR) is 165 cm³/mol. The van der Waals surface area contributed by atoms with Crippen LogP contribution < -0.4 is 21.7 Å². The van der Waals surface area contributed by atoms with Gasteiger partial charge in [0.25, 0.3) is 11.8 Å². The number of hydrogen-bond acceptors (Lipinski definition) is 9. The first kappa shape index (κ1) is 33.1. The van der Waals surface area contributed by atoms with Crippen LogP contribution in [0.2, 0.25) is 0 Å². The SMILES string of the molecule is CC(C)[C@@H]1NC(=O)c2csc(n2)[C@H](Cc2ccccc2)NC(=O)CN(C(=O)[C@@H](C)N)CCCNC(=O)c2csc1n2.Cl. The highest BCUT2D eigenvalue weighted by Gasteiger charge is 2.27. The van der Waals surface area contributed by atoms with E-state index in [-0.39, 0.29) is 73.0 Å². The Morgan fingerprint density at radius 2 is 1.64 bits per heavy atom. The normalized spacial score (nSPS) is 19.4. The summed E-state index contributed by atoms with van der Waals surface area (Å²) in [5.41, 5.74) is 7.32. The minimum atomic E-state index is -0.790. The lowest BCUT2D eigenvalue weighted by Gasteiger charge is -2.25. The Bertz CT molecular complexity index is 1380. The molecule has 3 atom stereocenters. The Morgan fingerprint density at radius 1 is 1.00 bits per heavy atom. The topological polar surface area (TPSA) is 159 Å². The van der Waals surface area contributed by atoms with E-state index in [1.54, 1.807) is 17.7 Å². The number of amides is 4. The largest absolute Gasteiger partial charge is 0.351 e. The van der Waals surface area contributed by atoms with Crippen molar-refractivity contribution < 1.29 is 19.2 Å². The second kappa shape index (κ2) is 15.2. The minimum Gasteiger partial charge on any atom is -0.351 e. The number of thiazole rings is 2. The van der Waals surface area contributed by atoms with Crippen molar-refractivity contribution in [2.24, 2.45) is 11.7 Å². The van der Waals surface area contributed by atoms with E-state index < -0.39 is 18.1 Å². The summed E-state index contributed by atoms with van der Waals surface area (Å²) >= 11 is 2.59. The Balaban J connectivity index is 0.00000484. The molecule has 3 aromatic rings. The number of aromatic nitrogens is 2. The van der Waals surface area contributed by atoms with Gasteiger partial charge >= 0.3 is 0 Å². The molecule has 2 aromatic heterocycles. The predicted octanol–water partition coefficient (Wildman–Crippen LogP) is 2.86. The summed E-state index contributed by atoms with van der Waals surface area (Å²) in [6.45, 7) is 5.81. The Morgan fingerprint density at radius 3 is 2.31 bits per heavy atom. The maximum absolute atomic E-state index is 13.3. The van der Waals surface area contributed by atoms with E-state index in [0.29, 0.717) is 22.9 Å². The third-order valence-electron chi connectivity index (χ3n) is 6.57. The lowest BCUT2D eigenvalue weighted by Crippen LogP contribution is -2.48. The van der Waals surface area contributed by atoms with Crippen LogP contribution in [0.15, 0.2) is 41.1 Å². The summed E-state index contributed by atoms with van der Waals surface area (Å²) in [5.74, 6) is -1.46. The van der Waals surface area contributed by atoms with Gasteiger partial charge in [-0.3, -0.25) is 19.2 Å². The van der Waals surface area contributed by atoms with Gasteiger partial charge in [-0.1, -0.05) is 44.2 Å². The molecule has 0 unspecified atom stereocenters. The maximum atomic E-state index is 13.3. The average molecular weight is 634 g/mol. The number of nitrogens with two attached hydrogens (primary N) is 1. The minimum absolute atomic E-state index is 0. The number of nitrogens with one attached hydrogen (secondary N) is 3. The summed E-state index contributed by atoms with van der Waals surface area (Å²) in [5, 5.41) is 13.4. The number of carbonyl (C=O) groups excluding carboxylic acids is 4. The molecule has 4 amide bonds. The molecule has 4 rings (SSSR count). The van der Waals surface area contributed by atoms with Crippen LogP contribution >= 0.6 is 35.1 Å². The molecule has 0 saturated carbocycles. The fraction of sp³-hybridized carbons (Fsp3) is 0.429. The van der Waals surface area contributed by atoms with Crippen LogP contribution in [0.1, 0.15) is 75.8 Å². The fourth-order valence-corrected chi connectivity index (χ4v) is 6.27. The Hall–Kier alpha value is -3.39. The fourth-order valence-electron chi connectivity index (χ4n) is 4.40. The zero-order chi connectivity index (χ0) is 29.5. The first-order valence-corrected chi connectivity index (χ1v) is 15.3. The van der Waals surface area contributed by atoms with E-state index in [4.69, 9.17) is 5.73 Å². The number of benzene rings is 1. The molecule has 0 spiro atoms. The molecule has 0 aliphatic carbocycles. The first-order chi connectivity index (χ1) is 19.6. The summed E-state index contributed by atoms with van der Waals surface area (Å²) in [6.07, 6.45) is 0.868. The molecule has 11 nitrogen and oxygen atoms in total. The molecule has 226 valence electrons. The number of rotatable bonds is 4. The zero-order valence-electron chi connectivity index (χ0n) is 23.7. The van der Waals surface area contributed by atoms with Crippen LogP contribution in [-0.2, 0) is 16.0 Å². The van der Waals surface area contributed by atoms with E-state index in [9.17, 15) is 19.2 Å². The maximum Gasteiger partial charge on any atom is 0.271 e. The summed E-state index contributed by atoms with van der Waals surface area (Å²) in [7, 11) is 0. The van der Waals surface area contributed by atoms with Crippen molar-refractivity contribution in [1.29, 1.82) is 0 Å². The molecule has 0 radical (unpaired) electrons. The van der Waals surface area contributed by atoms with Crippen LogP contribution in [0.5, 0.6) is 0 Å². The van der Waals surface area contributed by atoms with Gasteiger partial charge in [0.1, 0.15) is 21.4 Å². The molecule has 0 saturated heterocycles. The van der Waals surface area contributed by atoms with E-state index >= 15 is 0 Å². The quantitative estimate of drug-likeness (QED) is 0.344. The summed E-state index contributed by atoms with van der Waals surface area (Å²) in [6, 6.07) is 7.93. The third kappa shape index (κ3) is 8.57. The lowest BCUT2D eigenvalue weighted by atomic mass is 10.0.